The lowest BCUT2D eigenvalue weighted by molar-refractivity contribution is -0.137. The average molecular weight is 518 g/mol. The number of aryl methyl sites for hydroxylation is 2. The van der Waals surface area contributed by atoms with Crippen LogP contribution >= 0.6 is 11.3 Å². The van der Waals surface area contributed by atoms with Gasteiger partial charge in [-0.15, -0.1) is 11.3 Å². The summed E-state index contributed by atoms with van der Waals surface area (Å²) in [5.41, 5.74) is 2.71. The average Bonchev–Trinajstić information content (AvgIpc) is 3.20. The number of aliphatic hydroxyl groups is 1. The second-order valence-electron chi connectivity index (χ2n) is 10.7. The van der Waals surface area contributed by atoms with E-state index in [1.165, 1.54) is 5.56 Å². The summed E-state index contributed by atoms with van der Waals surface area (Å²) < 4.78 is 5.96. The Morgan fingerprint density at radius 3 is 2.28 bits per heavy atom. The number of carboxylic acid groups (broad SMARTS) is 1. The van der Waals surface area contributed by atoms with Crippen molar-refractivity contribution in [2.24, 2.45) is 5.41 Å². The van der Waals surface area contributed by atoms with Crippen molar-refractivity contribution in [3.63, 3.8) is 0 Å². The Hall–Kier alpha value is -2.38. The van der Waals surface area contributed by atoms with E-state index in [-0.39, 0.29) is 29.8 Å². The molecule has 0 saturated carbocycles. The molecule has 2 aromatic rings. The number of carboxylic acids is 1. The number of thiophene rings is 1. The quantitative estimate of drug-likeness (QED) is 0.273. The smallest absolute Gasteiger partial charge is 0.303 e. The van der Waals surface area contributed by atoms with Crippen LogP contribution in [0.1, 0.15) is 98.0 Å². The van der Waals surface area contributed by atoms with Crippen LogP contribution < -0.4 is 10.1 Å². The molecule has 7 heteroatoms. The number of amides is 1. The minimum atomic E-state index is -0.812. The van der Waals surface area contributed by atoms with Crippen molar-refractivity contribution in [3.05, 3.63) is 50.7 Å². The summed E-state index contributed by atoms with van der Waals surface area (Å²) in [7, 11) is 0. The first-order valence-corrected chi connectivity index (χ1v) is 13.7. The van der Waals surface area contributed by atoms with E-state index >= 15 is 0 Å². The molecule has 6 nitrogen and oxygen atoms in total. The topological polar surface area (TPSA) is 95.9 Å². The maximum atomic E-state index is 12.9. The molecule has 0 aliphatic rings. The summed E-state index contributed by atoms with van der Waals surface area (Å²) in [6.07, 6.45) is 2.53. The fourth-order valence-electron chi connectivity index (χ4n) is 4.30. The van der Waals surface area contributed by atoms with Gasteiger partial charge in [0.05, 0.1) is 11.0 Å². The zero-order valence-corrected chi connectivity index (χ0v) is 23.7. The first-order valence-electron chi connectivity index (χ1n) is 12.9. The summed E-state index contributed by atoms with van der Waals surface area (Å²) in [5.74, 6) is -0.140. The molecule has 1 heterocycles. The third kappa shape index (κ3) is 7.32. The van der Waals surface area contributed by atoms with Gasteiger partial charge in [-0.1, -0.05) is 46.8 Å². The maximum absolute atomic E-state index is 12.9. The third-order valence-corrected chi connectivity index (χ3v) is 8.47. The van der Waals surface area contributed by atoms with Gasteiger partial charge in [-0.25, -0.2) is 0 Å². The summed E-state index contributed by atoms with van der Waals surface area (Å²) >= 11 is 1.54. The Bertz CT molecular complexity index is 1030. The summed E-state index contributed by atoms with van der Waals surface area (Å²) in [6.45, 7) is 15.0. The number of hydrogen-bond donors (Lipinski definition) is 3. The van der Waals surface area contributed by atoms with Crippen LogP contribution in [0.15, 0.2) is 24.3 Å². The standard InChI is InChI=1S/C29H43NO5S/c1-8-29(9-2,21-13-14-22(19(3)16-21)35-18-23(31)28(5,6)7)24-17-20(4)26(36-24)27(34)30-15-11-10-12-25(32)33/h13-14,16-17,23,31H,8-12,15,18H2,1-7H3,(H,30,34)(H,32,33). The lowest BCUT2D eigenvalue weighted by Gasteiger charge is -2.32. The van der Waals surface area contributed by atoms with E-state index < -0.39 is 12.1 Å². The molecule has 0 fully saturated rings. The van der Waals surface area contributed by atoms with Gasteiger partial charge >= 0.3 is 5.97 Å². The number of ether oxygens (including phenoxy) is 1. The molecule has 0 aliphatic carbocycles. The predicted octanol–water partition coefficient (Wildman–Crippen LogP) is 6.24. The fourth-order valence-corrected chi connectivity index (χ4v) is 5.75. The molecule has 1 amide bonds. The Labute approximate surface area is 220 Å². The van der Waals surface area contributed by atoms with Crippen molar-refractivity contribution in [1.29, 1.82) is 0 Å². The third-order valence-electron chi connectivity index (χ3n) is 7.03. The largest absolute Gasteiger partial charge is 0.491 e. The van der Waals surface area contributed by atoms with Crippen molar-refractivity contribution in [3.8, 4) is 5.75 Å². The van der Waals surface area contributed by atoms with Crippen LogP contribution in [-0.4, -0.2) is 41.3 Å². The van der Waals surface area contributed by atoms with Gasteiger partial charge in [-0.05, 0) is 73.8 Å². The molecule has 0 aliphatic heterocycles. The summed E-state index contributed by atoms with van der Waals surface area (Å²) in [4.78, 5) is 25.4. The van der Waals surface area contributed by atoms with Crippen LogP contribution in [0.3, 0.4) is 0 Å². The van der Waals surface area contributed by atoms with Gasteiger partial charge in [0.2, 0.25) is 0 Å². The molecular weight excluding hydrogens is 474 g/mol. The first-order chi connectivity index (χ1) is 16.9. The number of aliphatic hydroxyl groups excluding tert-OH is 1. The SMILES string of the molecule is CCC(CC)(c1ccc(OCC(O)C(C)(C)C)c(C)c1)c1cc(C)c(C(=O)NCCCCC(=O)O)s1. The molecule has 0 spiro atoms. The lowest BCUT2D eigenvalue weighted by Crippen LogP contribution is -2.32. The van der Waals surface area contributed by atoms with E-state index in [0.717, 1.165) is 34.6 Å². The van der Waals surface area contributed by atoms with Crippen molar-refractivity contribution >= 4 is 23.2 Å². The van der Waals surface area contributed by atoms with Gasteiger partial charge in [0.1, 0.15) is 12.4 Å². The molecule has 1 unspecified atom stereocenters. The number of carbonyl (C=O) groups is 2. The van der Waals surface area contributed by atoms with E-state index in [1.807, 2.05) is 40.7 Å². The van der Waals surface area contributed by atoms with Gasteiger partial charge in [0, 0.05) is 23.3 Å². The number of nitrogens with one attached hydrogen (secondary N) is 1. The van der Waals surface area contributed by atoms with E-state index in [1.54, 1.807) is 11.3 Å². The monoisotopic (exact) mass is 517 g/mol. The van der Waals surface area contributed by atoms with Crippen molar-refractivity contribution in [2.45, 2.75) is 92.1 Å². The molecule has 3 N–H and O–H groups in total. The van der Waals surface area contributed by atoms with Crippen LogP contribution in [0, 0.1) is 19.3 Å². The lowest BCUT2D eigenvalue weighted by atomic mass is 9.74. The number of aliphatic carboxylic acids is 1. The highest BCUT2D eigenvalue weighted by Gasteiger charge is 2.34. The molecule has 200 valence electrons. The second kappa shape index (κ2) is 12.7. The van der Waals surface area contributed by atoms with Gasteiger partial charge < -0.3 is 20.3 Å². The van der Waals surface area contributed by atoms with Gasteiger partial charge in [0.25, 0.3) is 5.91 Å². The Morgan fingerprint density at radius 2 is 1.72 bits per heavy atom. The number of unbranched alkanes of at least 4 members (excludes halogenated alkanes) is 1. The number of rotatable bonds is 13. The van der Waals surface area contributed by atoms with E-state index in [9.17, 15) is 14.7 Å². The van der Waals surface area contributed by atoms with Gasteiger partial charge in [-0.3, -0.25) is 9.59 Å². The molecular formula is C29H43NO5S. The highest BCUT2D eigenvalue weighted by molar-refractivity contribution is 7.14. The molecule has 0 saturated heterocycles. The van der Waals surface area contributed by atoms with Crippen LogP contribution in [-0.2, 0) is 10.2 Å². The second-order valence-corrected chi connectivity index (χ2v) is 11.7. The normalized spacial score (nSPS) is 12.9. The Balaban J connectivity index is 2.23. The number of benzene rings is 1. The highest BCUT2D eigenvalue weighted by Crippen LogP contribution is 2.44. The number of hydrogen-bond acceptors (Lipinski definition) is 5. The van der Waals surface area contributed by atoms with Gasteiger partial charge in [0.15, 0.2) is 0 Å². The Kier molecular flexibility index (Phi) is 10.6. The molecule has 1 atom stereocenters. The number of carbonyl (C=O) groups excluding carboxylic acids is 1. The minimum Gasteiger partial charge on any atom is -0.491 e. The van der Waals surface area contributed by atoms with Gasteiger partial charge in [-0.2, -0.15) is 0 Å². The molecule has 2 rings (SSSR count). The van der Waals surface area contributed by atoms with Crippen LogP contribution in [0.5, 0.6) is 5.75 Å². The van der Waals surface area contributed by atoms with Crippen molar-refractivity contribution < 1.29 is 24.5 Å². The van der Waals surface area contributed by atoms with Crippen molar-refractivity contribution in [2.75, 3.05) is 13.2 Å². The molecule has 1 aromatic carbocycles. The zero-order valence-electron chi connectivity index (χ0n) is 22.9. The summed E-state index contributed by atoms with van der Waals surface area (Å²) in [5, 5.41) is 22.1. The van der Waals surface area contributed by atoms with Crippen LogP contribution in [0.25, 0.3) is 0 Å². The Morgan fingerprint density at radius 1 is 1.06 bits per heavy atom. The predicted molar refractivity (Wildman–Crippen MR) is 146 cm³/mol. The molecule has 1 aromatic heterocycles. The maximum Gasteiger partial charge on any atom is 0.303 e. The zero-order chi connectivity index (χ0) is 27.1. The highest BCUT2D eigenvalue weighted by atomic mass is 32.1. The van der Waals surface area contributed by atoms with Crippen LogP contribution in [0.4, 0.5) is 0 Å². The van der Waals surface area contributed by atoms with E-state index in [4.69, 9.17) is 9.84 Å². The van der Waals surface area contributed by atoms with Crippen molar-refractivity contribution in [1.82, 2.24) is 5.32 Å². The summed E-state index contributed by atoms with van der Waals surface area (Å²) in [6, 6.07) is 8.40. The first kappa shape index (κ1) is 29.8. The molecule has 36 heavy (non-hydrogen) atoms. The van der Waals surface area contributed by atoms with E-state index in [2.05, 4.69) is 37.4 Å². The molecule has 0 bridgehead atoms. The fraction of sp³-hybridized carbons (Fsp3) is 0.586. The minimum absolute atomic E-state index is 0.0995. The van der Waals surface area contributed by atoms with E-state index in [0.29, 0.717) is 24.3 Å². The molecule has 0 radical (unpaired) electrons. The van der Waals surface area contributed by atoms with Crippen LogP contribution in [0.2, 0.25) is 0 Å².